The molecule has 1 aliphatic heterocycles. The zero-order chi connectivity index (χ0) is 14.3. The summed E-state index contributed by atoms with van der Waals surface area (Å²) in [5.74, 6) is 0.228. The van der Waals surface area contributed by atoms with Crippen LogP contribution in [0.15, 0.2) is 24.3 Å². The second-order valence-electron chi connectivity index (χ2n) is 6.17. The predicted molar refractivity (Wildman–Crippen MR) is 75.6 cm³/mol. The van der Waals surface area contributed by atoms with E-state index in [0.29, 0.717) is 0 Å². The molecular weight excluding hydrogens is 255 g/mol. The van der Waals surface area contributed by atoms with Crippen molar-refractivity contribution >= 4 is 5.91 Å². The maximum Gasteiger partial charge on any atom is 0.226 e. The molecule has 0 bridgehead atoms. The molecule has 2 N–H and O–H groups in total. The monoisotopic (exact) mass is 276 g/mol. The summed E-state index contributed by atoms with van der Waals surface area (Å²) in [6.07, 6.45) is 2.61. The van der Waals surface area contributed by atoms with Gasteiger partial charge in [-0.05, 0) is 49.8 Å². The summed E-state index contributed by atoms with van der Waals surface area (Å²) in [7, 11) is 0. The van der Waals surface area contributed by atoms with Crippen LogP contribution in [0.4, 0.5) is 4.39 Å². The number of hydrogen-bond donors (Lipinski definition) is 1. The molecule has 1 heterocycles. The topological polar surface area (TPSA) is 46.3 Å². The van der Waals surface area contributed by atoms with Crippen LogP contribution in [0.5, 0.6) is 0 Å². The van der Waals surface area contributed by atoms with Gasteiger partial charge in [-0.15, -0.1) is 0 Å². The fraction of sp³-hybridized carbons (Fsp3) is 0.562. The molecule has 1 amide bonds. The van der Waals surface area contributed by atoms with E-state index in [4.69, 9.17) is 5.73 Å². The molecule has 3 rings (SSSR count). The van der Waals surface area contributed by atoms with E-state index in [2.05, 4.69) is 6.92 Å². The van der Waals surface area contributed by atoms with Crippen LogP contribution < -0.4 is 5.73 Å². The molecular formula is C16H21FN2O. The summed E-state index contributed by atoms with van der Waals surface area (Å²) < 4.78 is 13.2. The number of rotatable bonds is 2. The molecule has 2 aliphatic rings. The lowest BCUT2D eigenvalue weighted by atomic mass is 9.98. The lowest BCUT2D eigenvalue weighted by molar-refractivity contribution is -0.136. The molecule has 0 spiro atoms. The molecule has 1 aromatic carbocycles. The lowest BCUT2D eigenvalue weighted by Gasteiger charge is -2.36. The smallest absolute Gasteiger partial charge is 0.226 e. The first kappa shape index (κ1) is 13.6. The summed E-state index contributed by atoms with van der Waals surface area (Å²) >= 11 is 0. The molecule has 1 aromatic rings. The highest BCUT2D eigenvalue weighted by Crippen LogP contribution is 2.49. The number of carbonyl (C=O) groups is 1. The van der Waals surface area contributed by atoms with E-state index in [1.165, 1.54) is 6.07 Å². The number of likely N-dealkylation sites (tertiary alicyclic amines) is 1. The van der Waals surface area contributed by atoms with E-state index in [1.54, 1.807) is 12.1 Å². The first-order chi connectivity index (χ1) is 9.56. The Hall–Kier alpha value is -1.42. The van der Waals surface area contributed by atoms with Crippen LogP contribution in [0.1, 0.15) is 37.7 Å². The standard InChI is InChI=1S/C16H21FN2O/c1-10-7-13(18)5-6-19(10)16(20)15-9-14(15)11-3-2-4-12(17)8-11/h2-4,8,10,13-15H,5-7,9,18H2,1H3/t10-,13-,14+,15+/m1/s1. The van der Waals surface area contributed by atoms with E-state index < -0.39 is 0 Å². The van der Waals surface area contributed by atoms with Crippen LogP contribution in [0.25, 0.3) is 0 Å². The molecule has 4 atom stereocenters. The van der Waals surface area contributed by atoms with Crippen molar-refractivity contribution in [2.45, 2.75) is 44.2 Å². The predicted octanol–water partition coefficient (Wildman–Crippen LogP) is 2.27. The van der Waals surface area contributed by atoms with Crippen LogP contribution in [0.2, 0.25) is 0 Å². The molecule has 0 unspecified atom stereocenters. The van der Waals surface area contributed by atoms with Gasteiger partial charge in [-0.25, -0.2) is 4.39 Å². The van der Waals surface area contributed by atoms with Crippen molar-refractivity contribution < 1.29 is 9.18 Å². The van der Waals surface area contributed by atoms with Crippen LogP contribution >= 0.6 is 0 Å². The van der Waals surface area contributed by atoms with Gasteiger partial charge in [-0.3, -0.25) is 4.79 Å². The highest BCUT2D eigenvalue weighted by molar-refractivity contribution is 5.83. The Morgan fingerprint density at radius 2 is 2.20 bits per heavy atom. The average Bonchev–Trinajstić information content (AvgIpc) is 3.18. The summed E-state index contributed by atoms with van der Waals surface area (Å²) in [5.41, 5.74) is 6.88. The summed E-state index contributed by atoms with van der Waals surface area (Å²) in [4.78, 5) is 14.5. The number of piperidine rings is 1. The van der Waals surface area contributed by atoms with Crippen molar-refractivity contribution in [1.29, 1.82) is 0 Å². The fourth-order valence-electron chi connectivity index (χ4n) is 3.32. The van der Waals surface area contributed by atoms with Crippen molar-refractivity contribution in [2.75, 3.05) is 6.54 Å². The van der Waals surface area contributed by atoms with Crippen molar-refractivity contribution in [3.63, 3.8) is 0 Å². The minimum absolute atomic E-state index is 0.0357. The Bertz CT molecular complexity index is 519. The van der Waals surface area contributed by atoms with Crippen LogP contribution in [-0.4, -0.2) is 29.4 Å². The van der Waals surface area contributed by atoms with Gasteiger partial charge in [0.2, 0.25) is 5.91 Å². The number of carbonyl (C=O) groups excluding carboxylic acids is 1. The third-order valence-corrected chi connectivity index (χ3v) is 4.58. The first-order valence-electron chi connectivity index (χ1n) is 7.38. The van der Waals surface area contributed by atoms with Gasteiger partial charge in [-0.2, -0.15) is 0 Å². The Morgan fingerprint density at radius 1 is 1.40 bits per heavy atom. The average molecular weight is 276 g/mol. The molecule has 1 aliphatic carbocycles. The summed E-state index contributed by atoms with van der Waals surface area (Å²) in [6.45, 7) is 2.82. The number of hydrogen-bond acceptors (Lipinski definition) is 2. The van der Waals surface area contributed by atoms with Gasteiger partial charge < -0.3 is 10.6 Å². The molecule has 3 nitrogen and oxygen atoms in total. The molecule has 108 valence electrons. The van der Waals surface area contributed by atoms with E-state index in [1.807, 2.05) is 11.0 Å². The van der Waals surface area contributed by atoms with Crippen molar-refractivity contribution in [1.82, 2.24) is 4.90 Å². The third kappa shape index (κ3) is 2.57. The van der Waals surface area contributed by atoms with Crippen molar-refractivity contribution in [3.8, 4) is 0 Å². The number of nitrogens with two attached hydrogens (primary N) is 1. The largest absolute Gasteiger partial charge is 0.340 e. The van der Waals surface area contributed by atoms with Crippen molar-refractivity contribution in [3.05, 3.63) is 35.6 Å². The van der Waals surface area contributed by atoms with Crippen LogP contribution in [0.3, 0.4) is 0 Å². The maximum atomic E-state index is 13.2. The lowest BCUT2D eigenvalue weighted by Crippen LogP contribution is -2.49. The van der Waals surface area contributed by atoms with Crippen LogP contribution in [0, 0.1) is 11.7 Å². The number of amides is 1. The molecule has 1 saturated heterocycles. The van der Waals surface area contributed by atoms with E-state index in [-0.39, 0.29) is 35.6 Å². The highest BCUT2D eigenvalue weighted by atomic mass is 19.1. The molecule has 2 fully saturated rings. The van der Waals surface area contributed by atoms with Gasteiger partial charge in [0.1, 0.15) is 5.82 Å². The second-order valence-corrected chi connectivity index (χ2v) is 6.17. The van der Waals surface area contributed by atoms with Gasteiger partial charge in [0.05, 0.1) is 0 Å². The molecule has 20 heavy (non-hydrogen) atoms. The summed E-state index contributed by atoms with van der Waals surface area (Å²) in [5, 5.41) is 0. The van der Waals surface area contributed by atoms with Gasteiger partial charge in [-0.1, -0.05) is 12.1 Å². The van der Waals surface area contributed by atoms with Gasteiger partial charge in [0, 0.05) is 24.5 Å². The first-order valence-corrected chi connectivity index (χ1v) is 7.38. The maximum absolute atomic E-state index is 13.2. The van der Waals surface area contributed by atoms with E-state index >= 15 is 0 Å². The Morgan fingerprint density at radius 3 is 2.90 bits per heavy atom. The number of nitrogens with zero attached hydrogens (tertiary/aromatic N) is 1. The summed E-state index contributed by atoms with van der Waals surface area (Å²) in [6, 6.07) is 7.06. The zero-order valence-corrected chi connectivity index (χ0v) is 11.8. The van der Waals surface area contributed by atoms with E-state index in [9.17, 15) is 9.18 Å². The quantitative estimate of drug-likeness (QED) is 0.900. The highest BCUT2D eigenvalue weighted by Gasteiger charge is 2.47. The van der Waals surface area contributed by atoms with Gasteiger partial charge >= 0.3 is 0 Å². The van der Waals surface area contributed by atoms with E-state index in [0.717, 1.165) is 31.4 Å². The fourth-order valence-corrected chi connectivity index (χ4v) is 3.32. The molecule has 1 saturated carbocycles. The Kier molecular flexibility index (Phi) is 3.50. The molecule has 0 radical (unpaired) electrons. The normalized spacial score (nSPS) is 33.0. The SMILES string of the molecule is C[C@@H]1C[C@H](N)CCN1C(=O)[C@H]1C[C@H]1c1cccc(F)c1. The minimum Gasteiger partial charge on any atom is -0.340 e. The number of benzene rings is 1. The zero-order valence-electron chi connectivity index (χ0n) is 11.8. The van der Waals surface area contributed by atoms with Crippen molar-refractivity contribution in [2.24, 2.45) is 11.7 Å². The molecule has 0 aromatic heterocycles. The van der Waals surface area contributed by atoms with Crippen LogP contribution in [-0.2, 0) is 4.79 Å². The van der Waals surface area contributed by atoms with Gasteiger partial charge in [0.15, 0.2) is 0 Å². The molecule has 4 heteroatoms. The minimum atomic E-state index is -0.224. The Labute approximate surface area is 118 Å². The van der Waals surface area contributed by atoms with Gasteiger partial charge in [0.25, 0.3) is 0 Å². The number of halogens is 1. The second kappa shape index (κ2) is 5.17. The third-order valence-electron chi connectivity index (χ3n) is 4.58. The Balaban J connectivity index is 1.65.